The summed E-state index contributed by atoms with van der Waals surface area (Å²) in [6, 6.07) is 0. The minimum absolute atomic E-state index is 0.352. The molecule has 0 bridgehead atoms. The van der Waals surface area contributed by atoms with E-state index in [2.05, 4.69) is 12.6 Å². The van der Waals surface area contributed by atoms with Crippen molar-refractivity contribution in [3.8, 4) is 0 Å². The second-order valence-electron chi connectivity index (χ2n) is 1.65. The number of hydrogen-bond donors (Lipinski definition) is 2. The Morgan fingerprint density at radius 2 is 2.38 bits per heavy atom. The quantitative estimate of drug-likeness (QED) is 0.430. The van der Waals surface area contributed by atoms with Crippen LogP contribution in [0.1, 0.15) is 6.92 Å². The zero-order valence-electron chi connectivity index (χ0n) is 5.00. The molecule has 0 aliphatic heterocycles. The highest BCUT2D eigenvalue weighted by molar-refractivity contribution is 7.80. The predicted octanol–water partition coefficient (Wildman–Crippen LogP) is 0.314. The Kier molecular flexibility index (Phi) is 5.59. The minimum atomic E-state index is -0.352. The van der Waals surface area contributed by atoms with E-state index in [1.54, 1.807) is 6.92 Å². The fourth-order valence-corrected chi connectivity index (χ4v) is 0.448. The first-order valence-electron chi connectivity index (χ1n) is 2.64. The summed E-state index contributed by atoms with van der Waals surface area (Å²) in [7, 11) is 0. The Labute approximate surface area is 55.3 Å². The maximum atomic E-state index is 8.63. The molecule has 0 aromatic carbocycles. The Morgan fingerprint density at radius 1 is 1.75 bits per heavy atom. The van der Waals surface area contributed by atoms with E-state index in [1.165, 1.54) is 0 Å². The van der Waals surface area contributed by atoms with Crippen molar-refractivity contribution in [3.63, 3.8) is 0 Å². The number of aliphatic hydroxyl groups is 1. The van der Waals surface area contributed by atoms with E-state index < -0.39 is 0 Å². The summed E-state index contributed by atoms with van der Waals surface area (Å²) in [5.41, 5.74) is 0. The zero-order valence-corrected chi connectivity index (χ0v) is 5.90. The van der Waals surface area contributed by atoms with Gasteiger partial charge in [-0.3, -0.25) is 0 Å². The topological polar surface area (TPSA) is 29.5 Å². The van der Waals surface area contributed by atoms with Gasteiger partial charge in [0.05, 0.1) is 19.3 Å². The molecule has 1 atom stereocenters. The first-order valence-corrected chi connectivity index (χ1v) is 3.27. The Morgan fingerprint density at radius 3 is 2.75 bits per heavy atom. The first-order chi connectivity index (χ1) is 3.77. The smallest absolute Gasteiger partial charge is 0.0745 e. The van der Waals surface area contributed by atoms with Crippen molar-refractivity contribution < 1.29 is 9.84 Å². The van der Waals surface area contributed by atoms with E-state index >= 15 is 0 Å². The molecule has 3 heteroatoms. The number of thiol groups is 1. The molecule has 0 fully saturated rings. The average Bonchev–Trinajstić information content (AvgIpc) is 1.66. The summed E-state index contributed by atoms with van der Waals surface area (Å²) < 4.78 is 4.92. The van der Waals surface area contributed by atoms with Crippen LogP contribution in [-0.2, 0) is 4.74 Å². The van der Waals surface area contributed by atoms with Crippen molar-refractivity contribution in [1.82, 2.24) is 0 Å². The van der Waals surface area contributed by atoms with Gasteiger partial charge < -0.3 is 9.84 Å². The van der Waals surface area contributed by atoms with Crippen LogP contribution >= 0.6 is 12.6 Å². The van der Waals surface area contributed by atoms with Crippen molar-refractivity contribution >= 4 is 12.6 Å². The molecule has 0 aromatic rings. The molecule has 0 spiro atoms. The Bertz CT molecular complexity index is 47.7. The lowest BCUT2D eigenvalue weighted by atomic mass is 10.4. The van der Waals surface area contributed by atoms with Crippen molar-refractivity contribution in [3.05, 3.63) is 0 Å². The summed E-state index contributed by atoms with van der Waals surface area (Å²) in [6.45, 7) is 2.73. The van der Waals surface area contributed by atoms with Gasteiger partial charge in [0.1, 0.15) is 0 Å². The molecule has 0 aliphatic carbocycles. The predicted molar refractivity (Wildman–Crippen MR) is 36.4 cm³/mol. The van der Waals surface area contributed by atoms with Crippen molar-refractivity contribution in [2.45, 2.75) is 13.0 Å². The van der Waals surface area contributed by atoms with Crippen LogP contribution in [0, 0.1) is 0 Å². The van der Waals surface area contributed by atoms with Crippen LogP contribution in [0.25, 0.3) is 0 Å². The fraction of sp³-hybridized carbons (Fsp3) is 1.00. The van der Waals surface area contributed by atoms with E-state index in [9.17, 15) is 0 Å². The van der Waals surface area contributed by atoms with E-state index in [4.69, 9.17) is 9.84 Å². The third kappa shape index (κ3) is 6.27. The monoisotopic (exact) mass is 136 g/mol. The molecule has 0 saturated carbocycles. The van der Waals surface area contributed by atoms with Gasteiger partial charge in [-0.2, -0.15) is 12.6 Å². The van der Waals surface area contributed by atoms with Gasteiger partial charge >= 0.3 is 0 Å². The molecule has 0 heterocycles. The maximum Gasteiger partial charge on any atom is 0.0745 e. The van der Waals surface area contributed by atoms with Gasteiger partial charge in [-0.25, -0.2) is 0 Å². The molecular formula is C5H12O2S. The standard InChI is InChI=1S/C5H12O2S/c1-5(6)4-7-2-3-8/h5-6,8H,2-4H2,1H3. The van der Waals surface area contributed by atoms with Crippen LogP contribution in [0.3, 0.4) is 0 Å². The lowest BCUT2D eigenvalue weighted by Gasteiger charge is -2.02. The number of hydrogen-bond acceptors (Lipinski definition) is 3. The lowest BCUT2D eigenvalue weighted by molar-refractivity contribution is 0.0540. The SMILES string of the molecule is CC(O)COCCS. The van der Waals surface area contributed by atoms with Crippen LogP contribution < -0.4 is 0 Å². The molecule has 2 nitrogen and oxygen atoms in total. The van der Waals surface area contributed by atoms with E-state index in [-0.39, 0.29) is 6.10 Å². The molecule has 0 radical (unpaired) electrons. The molecule has 1 N–H and O–H groups in total. The molecule has 0 aromatic heterocycles. The van der Waals surface area contributed by atoms with Crippen LogP contribution in [-0.4, -0.2) is 30.2 Å². The van der Waals surface area contributed by atoms with Gasteiger partial charge in [0.2, 0.25) is 0 Å². The van der Waals surface area contributed by atoms with E-state index in [0.717, 1.165) is 0 Å². The number of aliphatic hydroxyl groups excluding tert-OH is 1. The van der Waals surface area contributed by atoms with Gasteiger partial charge in [-0.05, 0) is 6.92 Å². The van der Waals surface area contributed by atoms with Crippen LogP contribution in [0.4, 0.5) is 0 Å². The van der Waals surface area contributed by atoms with Crippen molar-refractivity contribution in [2.75, 3.05) is 19.0 Å². The van der Waals surface area contributed by atoms with Crippen LogP contribution in [0.5, 0.6) is 0 Å². The minimum Gasteiger partial charge on any atom is -0.391 e. The summed E-state index contributed by atoms with van der Waals surface area (Å²) in [4.78, 5) is 0. The van der Waals surface area contributed by atoms with E-state index in [0.29, 0.717) is 19.0 Å². The third-order valence-corrected chi connectivity index (χ3v) is 0.777. The fourth-order valence-electron chi connectivity index (χ4n) is 0.318. The maximum absolute atomic E-state index is 8.63. The van der Waals surface area contributed by atoms with Crippen LogP contribution in [0.15, 0.2) is 0 Å². The Balaban J connectivity index is 2.72. The second-order valence-corrected chi connectivity index (χ2v) is 2.09. The van der Waals surface area contributed by atoms with Crippen LogP contribution in [0.2, 0.25) is 0 Å². The van der Waals surface area contributed by atoms with Gasteiger partial charge in [-0.1, -0.05) is 0 Å². The second kappa shape index (κ2) is 5.41. The highest BCUT2D eigenvalue weighted by Crippen LogP contribution is 1.82. The van der Waals surface area contributed by atoms with Crippen molar-refractivity contribution in [1.29, 1.82) is 0 Å². The summed E-state index contributed by atoms with van der Waals surface area (Å²) in [5, 5.41) is 8.63. The summed E-state index contributed by atoms with van der Waals surface area (Å²) in [5.74, 6) is 0.715. The third-order valence-electron chi connectivity index (χ3n) is 0.595. The van der Waals surface area contributed by atoms with Crippen molar-refractivity contribution in [2.24, 2.45) is 0 Å². The molecule has 0 amide bonds. The highest BCUT2D eigenvalue weighted by Gasteiger charge is 1.91. The van der Waals surface area contributed by atoms with Gasteiger partial charge in [0, 0.05) is 5.75 Å². The molecule has 1 unspecified atom stereocenters. The summed E-state index contributed by atoms with van der Waals surface area (Å²) >= 11 is 3.92. The Hall–Kier alpha value is 0.270. The normalized spacial score (nSPS) is 13.9. The zero-order chi connectivity index (χ0) is 6.41. The molecule has 0 aliphatic rings. The van der Waals surface area contributed by atoms with Gasteiger partial charge in [-0.15, -0.1) is 0 Å². The largest absolute Gasteiger partial charge is 0.391 e. The molecule has 0 saturated heterocycles. The van der Waals surface area contributed by atoms with Gasteiger partial charge in [0.15, 0.2) is 0 Å². The average molecular weight is 136 g/mol. The number of rotatable bonds is 4. The first kappa shape index (κ1) is 8.27. The molecular weight excluding hydrogens is 124 g/mol. The molecule has 8 heavy (non-hydrogen) atoms. The summed E-state index contributed by atoms with van der Waals surface area (Å²) in [6.07, 6.45) is -0.352. The lowest BCUT2D eigenvalue weighted by Crippen LogP contribution is -2.11. The molecule has 0 rings (SSSR count). The highest BCUT2D eigenvalue weighted by atomic mass is 32.1. The number of ether oxygens (including phenoxy) is 1. The van der Waals surface area contributed by atoms with E-state index in [1.807, 2.05) is 0 Å². The molecule has 50 valence electrons. The van der Waals surface area contributed by atoms with Gasteiger partial charge in [0.25, 0.3) is 0 Å².